The summed E-state index contributed by atoms with van der Waals surface area (Å²) >= 11 is 0. The summed E-state index contributed by atoms with van der Waals surface area (Å²) in [6, 6.07) is 8.53. The Morgan fingerprint density at radius 2 is 2.32 bits per heavy atom. The van der Waals surface area contributed by atoms with E-state index in [4.69, 9.17) is 5.26 Å². The van der Waals surface area contributed by atoms with Crippen LogP contribution in [0.4, 0.5) is 0 Å². The molecule has 19 heavy (non-hydrogen) atoms. The molecule has 1 fully saturated rings. The van der Waals surface area contributed by atoms with Crippen molar-refractivity contribution in [3.63, 3.8) is 0 Å². The smallest absolute Gasteiger partial charge is 0.115 e. The van der Waals surface area contributed by atoms with E-state index in [1.807, 2.05) is 6.07 Å². The van der Waals surface area contributed by atoms with E-state index in [0.29, 0.717) is 24.3 Å². The van der Waals surface area contributed by atoms with Gasteiger partial charge in [0, 0.05) is 12.6 Å². The van der Waals surface area contributed by atoms with Crippen LogP contribution in [0.2, 0.25) is 0 Å². The van der Waals surface area contributed by atoms with Crippen molar-refractivity contribution in [3.8, 4) is 11.8 Å². The van der Waals surface area contributed by atoms with Crippen LogP contribution in [0.15, 0.2) is 18.2 Å². The molecule has 2 bridgehead atoms. The lowest BCUT2D eigenvalue weighted by Crippen LogP contribution is -2.57. The van der Waals surface area contributed by atoms with E-state index in [0.717, 1.165) is 19.4 Å². The summed E-state index contributed by atoms with van der Waals surface area (Å²) in [5.41, 5.74) is 2.78. The lowest BCUT2D eigenvalue weighted by atomic mass is 9.59. The fourth-order valence-electron chi connectivity index (χ4n) is 3.98. The van der Waals surface area contributed by atoms with Crippen LogP contribution in [0, 0.1) is 17.2 Å². The van der Waals surface area contributed by atoms with Crippen molar-refractivity contribution in [1.29, 1.82) is 5.26 Å². The predicted molar refractivity (Wildman–Crippen MR) is 73.9 cm³/mol. The van der Waals surface area contributed by atoms with Crippen molar-refractivity contribution >= 4 is 0 Å². The summed E-state index contributed by atoms with van der Waals surface area (Å²) in [6.45, 7) is 6.11. The van der Waals surface area contributed by atoms with E-state index < -0.39 is 0 Å². The Morgan fingerprint density at radius 1 is 1.53 bits per heavy atom. The molecule has 3 heteroatoms. The monoisotopic (exact) mass is 256 g/mol. The third kappa shape index (κ3) is 1.74. The number of nitrogens with zero attached hydrogens (tertiary/aromatic N) is 2. The highest BCUT2D eigenvalue weighted by Crippen LogP contribution is 2.49. The molecule has 1 aromatic rings. The predicted octanol–water partition coefficient (Wildman–Crippen LogP) is 2.44. The maximum atomic E-state index is 9.77. The van der Waals surface area contributed by atoms with Crippen molar-refractivity contribution in [2.75, 3.05) is 13.1 Å². The fourth-order valence-corrected chi connectivity index (χ4v) is 3.98. The first-order valence-corrected chi connectivity index (χ1v) is 6.99. The van der Waals surface area contributed by atoms with Gasteiger partial charge in [0.25, 0.3) is 0 Å². The number of rotatable bonds is 1. The van der Waals surface area contributed by atoms with Gasteiger partial charge in [-0.3, -0.25) is 4.90 Å². The van der Waals surface area contributed by atoms with Gasteiger partial charge in [-0.05, 0) is 47.4 Å². The maximum Gasteiger partial charge on any atom is 0.115 e. The number of piperidine rings is 1. The maximum absolute atomic E-state index is 9.77. The molecule has 0 radical (unpaired) electrons. The van der Waals surface area contributed by atoms with Gasteiger partial charge in [0.2, 0.25) is 0 Å². The molecule has 1 heterocycles. The van der Waals surface area contributed by atoms with Crippen molar-refractivity contribution in [2.45, 2.75) is 38.1 Å². The molecule has 1 N–H and O–H groups in total. The van der Waals surface area contributed by atoms with Gasteiger partial charge in [-0.25, -0.2) is 0 Å². The second-order valence-electron chi connectivity index (χ2n) is 6.20. The highest BCUT2D eigenvalue weighted by Gasteiger charge is 2.48. The molecule has 1 aliphatic heterocycles. The zero-order valence-corrected chi connectivity index (χ0v) is 11.6. The van der Waals surface area contributed by atoms with Gasteiger partial charge < -0.3 is 5.11 Å². The Kier molecular flexibility index (Phi) is 2.79. The summed E-state index contributed by atoms with van der Waals surface area (Å²) in [6.07, 6.45) is 2.05. The topological polar surface area (TPSA) is 47.3 Å². The largest absolute Gasteiger partial charge is 0.508 e. The van der Waals surface area contributed by atoms with Crippen LogP contribution in [0.3, 0.4) is 0 Å². The molecule has 2 aliphatic rings. The molecule has 0 aromatic heterocycles. The second-order valence-corrected chi connectivity index (χ2v) is 6.20. The molecule has 3 nitrogen and oxygen atoms in total. The Bertz CT molecular complexity index is 548. The molecule has 0 amide bonds. The average molecular weight is 256 g/mol. The minimum atomic E-state index is 0.128. The Morgan fingerprint density at radius 3 is 3.05 bits per heavy atom. The number of benzene rings is 1. The van der Waals surface area contributed by atoms with Crippen LogP contribution in [-0.2, 0) is 11.8 Å². The van der Waals surface area contributed by atoms with Crippen molar-refractivity contribution in [3.05, 3.63) is 29.3 Å². The molecule has 1 aliphatic carbocycles. The summed E-state index contributed by atoms with van der Waals surface area (Å²) in [5.74, 6) is 0.883. The molecule has 100 valence electrons. The Hall–Kier alpha value is -1.53. The number of aromatic hydroxyl groups is 1. The zero-order valence-electron chi connectivity index (χ0n) is 11.6. The van der Waals surface area contributed by atoms with E-state index >= 15 is 0 Å². The second kappa shape index (κ2) is 4.25. The fraction of sp³-hybridized carbons (Fsp3) is 0.562. The number of phenols is 1. The minimum Gasteiger partial charge on any atom is -0.508 e. The van der Waals surface area contributed by atoms with Gasteiger partial charge >= 0.3 is 0 Å². The van der Waals surface area contributed by atoms with Crippen molar-refractivity contribution in [1.82, 2.24) is 4.90 Å². The third-order valence-corrected chi connectivity index (χ3v) is 5.38. The molecule has 1 saturated heterocycles. The van der Waals surface area contributed by atoms with E-state index in [1.165, 1.54) is 11.1 Å². The highest BCUT2D eigenvalue weighted by molar-refractivity contribution is 5.44. The normalized spacial score (nSPS) is 33.5. The zero-order chi connectivity index (χ0) is 13.6. The van der Waals surface area contributed by atoms with Crippen LogP contribution in [0.1, 0.15) is 31.4 Å². The number of phenolic OH excluding ortho intramolecular Hbond substituents is 1. The van der Waals surface area contributed by atoms with E-state index in [1.54, 1.807) is 6.07 Å². The highest BCUT2D eigenvalue weighted by atomic mass is 16.3. The van der Waals surface area contributed by atoms with Crippen LogP contribution in [0.5, 0.6) is 5.75 Å². The standard InChI is InChI=1S/C16H20N2O/c1-11-15-9-12-3-4-13(19)10-14(12)16(11,2)5-7-18(15)8-6-17/h3-4,10-11,15,19H,5,7-9H2,1-2H3/t11-,15?,16?/m0/s1. The number of likely N-dealkylation sites (tertiary alicyclic amines) is 1. The van der Waals surface area contributed by atoms with Crippen LogP contribution < -0.4 is 0 Å². The van der Waals surface area contributed by atoms with E-state index in [9.17, 15) is 5.11 Å². The first-order chi connectivity index (χ1) is 9.06. The Balaban J connectivity index is 2.06. The Labute approximate surface area is 114 Å². The molecule has 1 aromatic carbocycles. The van der Waals surface area contributed by atoms with E-state index in [-0.39, 0.29) is 5.41 Å². The van der Waals surface area contributed by atoms with Crippen LogP contribution >= 0.6 is 0 Å². The minimum absolute atomic E-state index is 0.128. The van der Waals surface area contributed by atoms with Gasteiger partial charge in [-0.2, -0.15) is 5.26 Å². The quantitative estimate of drug-likeness (QED) is 0.785. The molecule has 2 unspecified atom stereocenters. The summed E-state index contributed by atoms with van der Waals surface area (Å²) in [4.78, 5) is 2.32. The van der Waals surface area contributed by atoms with E-state index in [2.05, 4.69) is 30.9 Å². The van der Waals surface area contributed by atoms with Gasteiger partial charge in [-0.1, -0.05) is 19.9 Å². The molecule has 0 saturated carbocycles. The van der Waals surface area contributed by atoms with Crippen molar-refractivity contribution < 1.29 is 5.11 Å². The average Bonchev–Trinajstić information content (AvgIpc) is 2.38. The van der Waals surface area contributed by atoms with Gasteiger partial charge in [0.15, 0.2) is 0 Å². The number of fused-ring (bicyclic) bond motifs is 4. The summed E-state index contributed by atoms with van der Waals surface area (Å²) < 4.78 is 0. The van der Waals surface area contributed by atoms with Gasteiger partial charge in [0.05, 0.1) is 12.6 Å². The number of hydrogen-bond acceptors (Lipinski definition) is 3. The molecular formula is C16H20N2O. The van der Waals surface area contributed by atoms with Crippen LogP contribution in [0.25, 0.3) is 0 Å². The van der Waals surface area contributed by atoms with Crippen molar-refractivity contribution in [2.24, 2.45) is 5.92 Å². The first-order valence-electron chi connectivity index (χ1n) is 6.99. The van der Waals surface area contributed by atoms with Gasteiger partial charge in [-0.15, -0.1) is 0 Å². The third-order valence-electron chi connectivity index (χ3n) is 5.38. The first kappa shape index (κ1) is 12.5. The number of nitriles is 1. The van der Waals surface area contributed by atoms with Crippen LogP contribution in [-0.4, -0.2) is 29.1 Å². The summed E-state index contributed by atoms with van der Waals surface area (Å²) in [7, 11) is 0. The van der Waals surface area contributed by atoms with Gasteiger partial charge in [0.1, 0.15) is 5.75 Å². The molecule has 0 spiro atoms. The summed E-state index contributed by atoms with van der Waals surface area (Å²) in [5, 5.41) is 18.7. The lowest BCUT2D eigenvalue weighted by molar-refractivity contribution is 0.0409. The number of hydrogen-bond donors (Lipinski definition) is 1. The molecular weight excluding hydrogens is 236 g/mol. The SMILES string of the molecule is C[C@H]1C2Cc3ccc(O)cc3C1(C)CCN2CC#N. The molecule has 3 atom stereocenters. The molecule has 3 rings (SSSR count). The lowest BCUT2D eigenvalue weighted by Gasteiger charge is -2.54.